The Balaban J connectivity index is 2.76. The molecular weight excluding hydrogens is 246 g/mol. The highest BCUT2D eigenvalue weighted by Crippen LogP contribution is 2.25. The molecule has 1 amide bonds. The molecule has 19 heavy (non-hydrogen) atoms. The van der Waals surface area contributed by atoms with E-state index in [-0.39, 0.29) is 29.7 Å². The van der Waals surface area contributed by atoms with Crippen molar-refractivity contribution in [2.45, 2.75) is 33.2 Å². The third-order valence-corrected chi connectivity index (χ3v) is 2.67. The van der Waals surface area contributed by atoms with E-state index in [0.29, 0.717) is 0 Å². The molecule has 1 aromatic carbocycles. The largest absolute Gasteiger partial charge is 0.320 e. The van der Waals surface area contributed by atoms with Gasteiger partial charge < -0.3 is 10.6 Å². The zero-order valence-corrected chi connectivity index (χ0v) is 11.4. The van der Waals surface area contributed by atoms with E-state index in [1.165, 1.54) is 6.07 Å². The molecule has 0 radical (unpaired) electrons. The minimum absolute atomic E-state index is 0.0366. The van der Waals surface area contributed by atoms with E-state index in [0.717, 1.165) is 12.1 Å². The third-order valence-electron chi connectivity index (χ3n) is 2.67. The second-order valence-electron chi connectivity index (χ2n) is 4.49. The first-order valence-electron chi connectivity index (χ1n) is 6.22. The van der Waals surface area contributed by atoms with E-state index in [1.807, 2.05) is 13.8 Å². The van der Waals surface area contributed by atoms with E-state index in [9.17, 15) is 14.9 Å². The average Bonchev–Trinajstić information content (AvgIpc) is 2.31. The van der Waals surface area contributed by atoms with Gasteiger partial charge >= 0.3 is 0 Å². The number of nitrogens with zero attached hydrogens (tertiary/aromatic N) is 1. The number of amides is 1. The van der Waals surface area contributed by atoms with E-state index in [1.54, 1.807) is 19.1 Å². The standard InChI is InChI=1S/C13H19N3O3/c1-4-14-10(3)8-13(17)15-11-6-5-9(2)7-12(11)16(18)19/h5-7,10,14H,4,8H2,1-3H3,(H,15,17). The van der Waals surface area contributed by atoms with Gasteiger partial charge in [-0.1, -0.05) is 13.0 Å². The van der Waals surface area contributed by atoms with Crippen molar-refractivity contribution in [2.75, 3.05) is 11.9 Å². The molecule has 0 spiro atoms. The lowest BCUT2D eigenvalue weighted by Crippen LogP contribution is -2.30. The van der Waals surface area contributed by atoms with E-state index >= 15 is 0 Å². The maximum Gasteiger partial charge on any atom is 0.293 e. The number of carbonyl (C=O) groups is 1. The number of rotatable bonds is 6. The molecule has 1 aromatic rings. The molecular formula is C13H19N3O3. The molecule has 1 atom stereocenters. The van der Waals surface area contributed by atoms with Crippen LogP contribution >= 0.6 is 0 Å². The highest BCUT2D eigenvalue weighted by Gasteiger charge is 2.16. The average molecular weight is 265 g/mol. The lowest BCUT2D eigenvalue weighted by atomic mass is 10.1. The van der Waals surface area contributed by atoms with Gasteiger partial charge in [-0.3, -0.25) is 14.9 Å². The minimum Gasteiger partial charge on any atom is -0.320 e. The molecule has 1 unspecified atom stereocenters. The highest BCUT2D eigenvalue weighted by atomic mass is 16.6. The fourth-order valence-corrected chi connectivity index (χ4v) is 1.80. The number of carbonyl (C=O) groups excluding carboxylic acids is 1. The van der Waals surface area contributed by atoms with Gasteiger partial charge in [0.05, 0.1) is 4.92 Å². The van der Waals surface area contributed by atoms with E-state index in [2.05, 4.69) is 10.6 Å². The topological polar surface area (TPSA) is 84.3 Å². The van der Waals surface area contributed by atoms with Crippen LogP contribution in [0.3, 0.4) is 0 Å². The molecule has 0 aliphatic carbocycles. The number of nitro benzene ring substituents is 1. The zero-order chi connectivity index (χ0) is 14.4. The first-order chi connectivity index (χ1) is 8.93. The van der Waals surface area contributed by atoms with Gasteiger partial charge in [0.1, 0.15) is 5.69 Å². The van der Waals surface area contributed by atoms with Crippen LogP contribution in [-0.4, -0.2) is 23.4 Å². The summed E-state index contributed by atoms with van der Waals surface area (Å²) in [5.41, 5.74) is 0.944. The summed E-state index contributed by atoms with van der Waals surface area (Å²) in [7, 11) is 0. The van der Waals surface area contributed by atoms with Crippen LogP contribution in [-0.2, 0) is 4.79 Å². The Bertz CT molecular complexity index is 474. The van der Waals surface area contributed by atoms with Gasteiger partial charge in [-0.15, -0.1) is 0 Å². The van der Waals surface area contributed by atoms with Crippen molar-refractivity contribution >= 4 is 17.3 Å². The van der Waals surface area contributed by atoms with Crippen molar-refractivity contribution in [3.05, 3.63) is 33.9 Å². The summed E-state index contributed by atoms with van der Waals surface area (Å²) in [5, 5.41) is 16.6. The van der Waals surface area contributed by atoms with Crippen LogP contribution in [0.5, 0.6) is 0 Å². The van der Waals surface area contributed by atoms with Crippen molar-refractivity contribution in [2.24, 2.45) is 0 Å². The Kier molecular flexibility index (Phi) is 5.44. The van der Waals surface area contributed by atoms with Gasteiger partial charge in [0.25, 0.3) is 5.69 Å². The summed E-state index contributed by atoms with van der Waals surface area (Å²) in [6.07, 6.45) is 0.277. The molecule has 0 saturated heterocycles. The first kappa shape index (κ1) is 15.1. The molecule has 2 N–H and O–H groups in total. The smallest absolute Gasteiger partial charge is 0.293 e. The van der Waals surface area contributed by atoms with Crippen molar-refractivity contribution in [3.8, 4) is 0 Å². The molecule has 0 aliphatic heterocycles. The normalized spacial score (nSPS) is 11.9. The van der Waals surface area contributed by atoms with Gasteiger partial charge in [-0.05, 0) is 32.0 Å². The predicted octanol–water partition coefficient (Wildman–Crippen LogP) is 2.23. The number of anilines is 1. The van der Waals surface area contributed by atoms with Crippen molar-refractivity contribution in [1.29, 1.82) is 0 Å². The van der Waals surface area contributed by atoms with E-state index in [4.69, 9.17) is 0 Å². The number of hydrogen-bond acceptors (Lipinski definition) is 4. The van der Waals surface area contributed by atoms with Gasteiger partial charge in [0.2, 0.25) is 5.91 Å². The molecule has 0 bridgehead atoms. The van der Waals surface area contributed by atoms with Gasteiger partial charge in [-0.25, -0.2) is 0 Å². The van der Waals surface area contributed by atoms with Gasteiger partial charge in [-0.2, -0.15) is 0 Å². The van der Waals surface area contributed by atoms with Crippen LogP contribution in [0.15, 0.2) is 18.2 Å². The SMILES string of the molecule is CCNC(C)CC(=O)Nc1ccc(C)cc1[N+](=O)[O-]. The zero-order valence-electron chi connectivity index (χ0n) is 11.4. The van der Waals surface area contributed by atoms with Gasteiger partial charge in [0, 0.05) is 18.5 Å². The van der Waals surface area contributed by atoms with Gasteiger partial charge in [0.15, 0.2) is 0 Å². The Morgan fingerprint density at radius 1 is 1.47 bits per heavy atom. The molecule has 104 valence electrons. The van der Waals surface area contributed by atoms with Crippen molar-refractivity contribution < 1.29 is 9.72 Å². The Morgan fingerprint density at radius 3 is 2.74 bits per heavy atom. The lowest BCUT2D eigenvalue weighted by Gasteiger charge is -2.12. The Labute approximate surface area is 112 Å². The summed E-state index contributed by atoms with van der Waals surface area (Å²) in [4.78, 5) is 22.2. The predicted molar refractivity (Wildman–Crippen MR) is 74.2 cm³/mol. The van der Waals surface area contributed by atoms with Crippen LogP contribution in [0.25, 0.3) is 0 Å². The molecule has 1 rings (SSSR count). The van der Waals surface area contributed by atoms with Crippen molar-refractivity contribution in [3.63, 3.8) is 0 Å². The number of aryl methyl sites for hydroxylation is 1. The van der Waals surface area contributed by atoms with Crippen molar-refractivity contribution in [1.82, 2.24) is 5.32 Å². The Hall–Kier alpha value is -1.95. The van der Waals surface area contributed by atoms with E-state index < -0.39 is 4.92 Å². The highest BCUT2D eigenvalue weighted by molar-refractivity contribution is 5.93. The van der Waals surface area contributed by atoms with Crippen LogP contribution in [0.1, 0.15) is 25.8 Å². The number of benzene rings is 1. The second-order valence-corrected chi connectivity index (χ2v) is 4.49. The van der Waals surface area contributed by atoms with Crippen LogP contribution in [0, 0.1) is 17.0 Å². The monoisotopic (exact) mass is 265 g/mol. The quantitative estimate of drug-likeness (QED) is 0.610. The fourth-order valence-electron chi connectivity index (χ4n) is 1.80. The minimum atomic E-state index is -0.490. The van der Waals surface area contributed by atoms with Crippen LogP contribution in [0.2, 0.25) is 0 Å². The molecule has 0 fully saturated rings. The summed E-state index contributed by atoms with van der Waals surface area (Å²) < 4.78 is 0. The third kappa shape index (κ3) is 4.67. The molecule has 0 heterocycles. The number of nitrogens with one attached hydrogen (secondary N) is 2. The Morgan fingerprint density at radius 2 is 2.16 bits per heavy atom. The maximum absolute atomic E-state index is 11.8. The summed E-state index contributed by atoms with van der Waals surface area (Å²) in [6.45, 7) is 6.40. The lowest BCUT2D eigenvalue weighted by molar-refractivity contribution is -0.384. The van der Waals surface area contributed by atoms with Crippen LogP contribution < -0.4 is 10.6 Å². The molecule has 0 aliphatic rings. The molecule has 0 saturated carbocycles. The first-order valence-corrected chi connectivity index (χ1v) is 6.22. The molecule has 0 aromatic heterocycles. The summed E-state index contributed by atoms with van der Waals surface area (Å²) in [6, 6.07) is 4.78. The second kappa shape index (κ2) is 6.84. The van der Waals surface area contributed by atoms with Crippen LogP contribution in [0.4, 0.5) is 11.4 Å². The molecule has 6 heteroatoms. The summed E-state index contributed by atoms with van der Waals surface area (Å²) in [5.74, 6) is -0.236. The molecule has 6 nitrogen and oxygen atoms in total. The number of nitro groups is 1. The fraction of sp³-hybridized carbons (Fsp3) is 0.462. The summed E-state index contributed by atoms with van der Waals surface area (Å²) >= 11 is 0. The maximum atomic E-state index is 11.8. The number of hydrogen-bond donors (Lipinski definition) is 2.